The number of hydrogen-bond acceptors (Lipinski definition) is 3. The quantitative estimate of drug-likeness (QED) is 0.382. The summed E-state index contributed by atoms with van der Waals surface area (Å²) in [5.41, 5.74) is 1.63. The van der Waals surface area contributed by atoms with Gasteiger partial charge in [-0.3, -0.25) is 0 Å². The average Bonchev–Trinajstić information content (AvgIpc) is 2.59. The van der Waals surface area contributed by atoms with Crippen molar-refractivity contribution < 1.29 is 14.6 Å². The molecule has 29 heavy (non-hydrogen) atoms. The molecule has 1 rings (SSSR count). The summed E-state index contributed by atoms with van der Waals surface area (Å²) >= 11 is 0. The van der Waals surface area contributed by atoms with Crippen LogP contribution in [0.5, 0.6) is 0 Å². The smallest absolute Gasteiger partial charge is 0.192 e. The van der Waals surface area contributed by atoms with Crippen molar-refractivity contribution in [3.63, 3.8) is 0 Å². The number of aliphatic hydroxyl groups excluding tert-OH is 1. The zero-order chi connectivity index (χ0) is 22.9. The lowest BCUT2D eigenvalue weighted by molar-refractivity contribution is 0.0267. The fourth-order valence-corrected chi connectivity index (χ4v) is 7.59. The predicted octanol–water partition coefficient (Wildman–Crippen LogP) is 6.11. The second-order valence-corrected chi connectivity index (χ2v) is 21.8. The first-order valence-electron chi connectivity index (χ1n) is 10.6. The van der Waals surface area contributed by atoms with Crippen molar-refractivity contribution in [2.45, 2.75) is 83.0 Å². The molecule has 0 saturated heterocycles. The Balaban J connectivity index is 3.42. The standard InChI is InChI=1S/C24H44O3Si2/c1-19(18-27-29(10,11)23(5,6)7)21(17-25)24(26,20-15-13-12-14-16-20)28(8,9)22(2,3)4/h12-16,21,25-26H,1,17-18H2,2-11H3/t21-,24-/m0/s1. The van der Waals surface area contributed by atoms with Crippen LogP contribution in [0, 0.1) is 5.92 Å². The fraction of sp³-hybridized carbons (Fsp3) is 0.667. The Kier molecular flexibility index (Phi) is 7.98. The summed E-state index contributed by atoms with van der Waals surface area (Å²) in [6.45, 7) is 26.6. The van der Waals surface area contributed by atoms with Gasteiger partial charge in [-0.05, 0) is 34.3 Å². The number of hydrogen-bond donors (Lipinski definition) is 2. The van der Waals surface area contributed by atoms with Gasteiger partial charge in [-0.2, -0.15) is 0 Å². The second-order valence-electron chi connectivity index (χ2n) is 11.4. The molecule has 0 amide bonds. The van der Waals surface area contributed by atoms with E-state index in [4.69, 9.17) is 4.43 Å². The molecule has 0 aromatic heterocycles. The Morgan fingerprint density at radius 1 is 0.966 bits per heavy atom. The number of aliphatic hydroxyl groups is 2. The lowest BCUT2D eigenvalue weighted by Gasteiger charge is -2.53. The normalized spacial score (nSPS) is 17.0. The maximum Gasteiger partial charge on any atom is 0.192 e. The summed E-state index contributed by atoms with van der Waals surface area (Å²) in [6, 6.07) is 9.82. The van der Waals surface area contributed by atoms with Crippen LogP contribution in [0.25, 0.3) is 0 Å². The van der Waals surface area contributed by atoms with Gasteiger partial charge in [0, 0.05) is 5.92 Å². The van der Waals surface area contributed by atoms with Gasteiger partial charge in [0.1, 0.15) is 0 Å². The van der Waals surface area contributed by atoms with Crippen LogP contribution in [0.2, 0.25) is 36.3 Å². The Morgan fingerprint density at radius 2 is 1.45 bits per heavy atom. The topological polar surface area (TPSA) is 49.7 Å². The monoisotopic (exact) mass is 436 g/mol. The van der Waals surface area contributed by atoms with Crippen LogP contribution in [0.1, 0.15) is 47.1 Å². The van der Waals surface area contributed by atoms with Crippen molar-refractivity contribution in [2.75, 3.05) is 13.2 Å². The SMILES string of the molecule is C=C(CO[Si](C)(C)C(C)(C)C)[C@H](CO)[C@](O)(c1ccccc1)[Si](C)(C)C(C)(C)C. The van der Waals surface area contributed by atoms with E-state index in [1.807, 2.05) is 30.3 Å². The van der Waals surface area contributed by atoms with Gasteiger partial charge in [0.15, 0.2) is 8.32 Å². The van der Waals surface area contributed by atoms with Gasteiger partial charge in [-0.25, -0.2) is 0 Å². The van der Waals surface area contributed by atoms with Gasteiger partial charge in [0.2, 0.25) is 0 Å². The van der Waals surface area contributed by atoms with Gasteiger partial charge in [0.25, 0.3) is 0 Å². The lowest BCUT2D eigenvalue weighted by atomic mass is 9.89. The minimum atomic E-state index is -2.37. The van der Waals surface area contributed by atoms with Crippen LogP contribution in [-0.4, -0.2) is 39.8 Å². The molecular weight excluding hydrogens is 392 g/mol. The van der Waals surface area contributed by atoms with E-state index in [1.165, 1.54) is 0 Å². The minimum absolute atomic E-state index is 0.0778. The minimum Gasteiger partial charge on any atom is -0.413 e. The third-order valence-corrected chi connectivity index (χ3v) is 18.4. The van der Waals surface area contributed by atoms with Gasteiger partial charge in [-0.15, -0.1) is 0 Å². The van der Waals surface area contributed by atoms with Crippen LogP contribution in [-0.2, 0) is 9.65 Å². The first-order valence-corrected chi connectivity index (χ1v) is 16.5. The molecule has 5 heteroatoms. The third kappa shape index (κ3) is 5.13. The maximum absolute atomic E-state index is 12.4. The van der Waals surface area contributed by atoms with Crippen molar-refractivity contribution in [3.8, 4) is 0 Å². The summed E-state index contributed by atoms with van der Waals surface area (Å²) < 4.78 is 6.40. The van der Waals surface area contributed by atoms with Crippen LogP contribution in [0.4, 0.5) is 0 Å². The van der Waals surface area contributed by atoms with Crippen LogP contribution in [0.3, 0.4) is 0 Å². The molecule has 0 radical (unpaired) electrons. The summed E-state index contributed by atoms with van der Waals surface area (Å²) in [5.74, 6) is -0.476. The van der Waals surface area contributed by atoms with E-state index < -0.39 is 27.5 Å². The molecule has 0 aliphatic rings. The van der Waals surface area contributed by atoms with Gasteiger partial charge >= 0.3 is 0 Å². The second kappa shape index (κ2) is 8.79. The highest BCUT2D eigenvalue weighted by Crippen LogP contribution is 2.52. The molecule has 3 nitrogen and oxygen atoms in total. The van der Waals surface area contributed by atoms with E-state index in [2.05, 4.69) is 74.3 Å². The summed E-state index contributed by atoms with van der Waals surface area (Å²) in [5, 5.41) is 21.7. The van der Waals surface area contributed by atoms with Gasteiger partial charge < -0.3 is 14.6 Å². The fourth-order valence-electron chi connectivity index (χ4n) is 3.41. The van der Waals surface area contributed by atoms with Crippen molar-refractivity contribution in [2.24, 2.45) is 5.92 Å². The molecule has 0 spiro atoms. The number of benzene rings is 1. The Morgan fingerprint density at radius 3 is 1.83 bits per heavy atom. The van der Waals surface area contributed by atoms with E-state index >= 15 is 0 Å². The Labute approximate surface area is 181 Å². The maximum atomic E-state index is 12.4. The molecule has 2 N–H and O–H groups in total. The molecule has 1 aromatic rings. The van der Waals surface area contributed by atoms with E-state index in [1.54, 1.807) is 0 Å². The molecule has 0 unspecified atom stereocenters. The van der Waals surface area contributed by atoms with E-state index in [9.17, 15) is 10.2 Å². The average molecular weight is 437 g/mol. The zero-order valence-electron chi connectivity index (χ0n) is 20.4. The first kappa shape index (κ1) is 26.3. The third-order valence-electron chi connectivity index (χ3n) is 7.65. The summed E-state index contributed by atoms with van der Waals surface area (Å²) in [4.78, 5) is 0. The van der Waals surface area contributed by atoms with Crippen molar-refractivity contribution in [1.82, 2.24) is 0 Å². The molecule has 0 saturated carbocycles. The van der Waals surface area contributed by atoms with E-state index in [-0.39, 0.29) is 16.7 Å². The highest BCUT2D eigenvalue weighted by molar-refractivity contribution is 6.82. The summed E-state index contributed by atoms with van der Waals surface area (Å²) in [6.07, 6.45) is 0. The van der Waals surface area contributed by atoms with Gasteiger partial charge in [0.05, 0.1) is 26.5 Å². The molecule has 2 atom stereocenters. The Bertz CT molecular complexity index is 684. The molecule has 1 aromatic carbocycles. The molecule has 0 fully saturated rings. The van der Waals surface area contributed by atoms with E-state index in [0.717, 1.165) is 11.1 Å². The predicted molar refractivity (Wildman–Crippen MR) is 130 cm³/mol. The van der Waals surface area contributed by atoms with Gasteiger partial charge in [-0.1, -0.05) is 91.5 Å². The molecule has 166 valence electrons. The largest absolute Gasteiger partial charge is 0.413 e. The summed E-state index contributed by atoms with van der Waals surface area (Å²) in [7, 11) is -4.33. The zero-order valence-corrected chi connectivity index (χ0v) is 22.4. The molecule has 0 heterocycles. The molecule has 0 aliphatic heterocycles. The van der Waals surface area contributed by atoms with Crippen molar-refractivity contribution >= 4 is 16.4 Å². The highest BCUT2D eigenvalue weighted by Gasteiger charge is 2.57. The highest BCUT2D eigenvalue weighted by atomic mass is 28.4. The molecule has 0 bridgehead atoms. The van der Waals surface area contributed by atoms with Crippen LogP contribution < -0.4 is 0 Å². The van der Waals surface area contributed by atoms with Crippen molar-refractivity contribution in [3.05, 3.63) is 48.0 Å². The molecule has 0 aliphatic carbocycles. The first-order chi connectivity index (χ1) is 12.9. The number of rotatable bonds is 8. The van der Waals surface area contributed by atoms with Crippen LogP contribution >= 0.6 is 0 Å². The van der Waals surface area contributed by atoms with Crippen LogP contribution in [0.15, 0.2) is 42.5 Å². The Hall–Kier alpha value is -0.726. The van der Waals surface area contributed by atoms with E-state index in [0.29, 0.717) is 6.61 Å². The lowest BCUT2D eigenvalue weighted by Crippen LogP contribution is -2.62. The molecular formula is C24H44O3Si2. The van der Waals surface area contributed by atoms with Crippen molar-refractivity contribution in [1.29, 1.82) is 0 Å².